The highest BCUT2D eigenvalue weighted by Gasteiger charge is 2.08. The molecule has 0 saturated carbocycles. The number of amides is 2. The van der Waals surface area contributed by atoms with Crippen LogP contribution in [0.15, 0.2) is 12.1 Å². The van der Waals surface area contributed by atoms with Gasteiger partial charge in [-0.25, -0.2) is 4.79 Å². The molecule has 1 aromatic rings. The zero-order chi connectivity index (χ0) is 15.1. The van der Waals surface area contributed by atoms with Gasteiger partial charge in [0.1, 0.15) is 12.4 Å². The summed E-state index contributed by atoms with van der Waals surface area (Å²) >= 11 is 0. The van der Waals surface area contributed by atoms with E-state index in [2.05, 4.69) is 24.4 Å². The smallest absolute Gasteiger partial charge is 0.317 e. The number of benzene rings is 1. The number of ether oxygens (including phenoxy) is 1. The highest BCUT2D eigenvalue weighted by atomic mass is 16.5. The summed E-state index contributed by atoms with van der Waals surface area (Å²) < 4.78 is 5.79. The lowest BCUT2D eigenvalue weighted by molar-refractivity contribution is 0.200. The van der Waals surface area contributed by atoms with Crippen molar-refractivity contribution in [2.45, 2.75) is 34.6 Å². The zero-order valence-corrected chi connectivity index (χ0v) is 13.2. The van der Waals surface area contributed by atoms with Crippen LogP contribution in [-0.4, -0.2) is 37.2 Å². The summed E-state index contributed by atoms with van der Waals surface area (Å²) in [5.41, 5.74) is 3.51. The summed E-state index contributed by atoms with van der Waals surface area (Å²) in [4.78, 5) is 13.5. The molecule has 112 valence electrons. The van der Waals surface area contributed by atoms with E-state index in [-0.39, 0.29) is 6.03 Å². The number of hydrogen-bond acceptors (Lipinski definition) is 2. The normalized spacial score (nSPS) is 10.2. The molecule has 2 amide bonds. The van der Waals surface area contributed by atoms with Crippen molar-refractivity contribution in [2.75, 3.05) is 26.2 Å². The van der Waals surface area contributed by atoms with Gasteiger partial charge in [0.2, 0.25) is 0 Å². The van der Waals surface area contributed by atoms with Gasteiger partial charge in [-0.05, 0) is 45.7 Å². The number of carbonyl (C=O) groups is 1. The summed E-state index contributed by atoms with van der Waals surface area (Å²) in [6, 6.07) is 4.18. The van der Waals surface area contributed by atoms with Gasteiger partial charge < -0.3 is 15.0 Å². The van der Waals surface area contributed by atoms with E-state index in [1.165, 1.54) is 5.56 Å². The number of hydrogen-bond donors (Lipinski definition) is 1. The van der Waals surface area contributed by atoms with Crippen molar-refractivity contribution in [2.24, 2.45) is 0 Å². The first kappa shape index (κ1) is 16.3. The van der Waals surface area contributed by atoms with Crippen LogP contribution in [-0.2, 0) is 0 Å². The second-order valence-corrected chi connectivity index (χ2v) is 4.98. The fourth-order valence-corrected chi connectivity index (χ4v) is 2.33. The van der Waals surface area contributed by atoms with Crippen molar-refractivity contribution in [1.82, 2.24) is 10.2 Å². The van der Waals surface area contributed by atoms with Crippen molar-refractivity contribution in [3.63, 3.8) is 0 Å². The van der Waals surface area contributed by atoms with Gasteiger partial charge in [0, 0.05) is 13.1 Å². The third-order valence-electron chi connectivity index (χ3n) is 3.28. The largest absolute Gasteiger partial charge is 0.491 e. The zero-order valence-electron chi connectivity index (χ0n) is 13.2. The van der Waals surface area contributed by atoms with Crippen LogP contribution in [0.2, 0.25) is 0 Å². The summed E-state index contributed by atoms with van der Waals surface area (Å²) in [6.07, 6.45) is 0. The molecule has 0 aromatic heterocycles. The molecule has 0 aliphatic rings. The van der Waals surface area contributed by atoms with Gasteiger partial charge in [-0.1, -0.05) is 17.7 Å². The fraction of sp³-hybridized carbons (Fsp3) is 0.562. The molecule has 0 fully saturated rings. The van der Waals surface area contributed by atoms with Crippen LogP contribution >= 0.6 is 0 Å². The Labute approximate surface area is 122 Å². The second-order valence-electron chi connectivity index (χ2n) is 4.98. The monoisotopic (exact) mass is 278 g/mol. The Morgan fingerprint density at radius 1 is 1.15 bits per heavy atom. The predicted octanol–water partition coefficient (Wildman–Crippen LogP) is 3.04. The van der Waals surface area contributed by atoms with E-state index in [4.69, 9.17) is 4.74 Å². The van der Waals surface area contributed by atoms with Crippen molar-refractivity contribution in [3.05, 3.63) is 28.8 Å². The maximum Gasteiger partial charge on any atom is 0.317 e. The molecule has 0 atom stereocenters. The van der Waals surface area contributed by atoms with E-state index in [9.17, 15) is 4.79 Å². The molecule has 1 rings (SSSR count). The summed E-state index contributed by atoms with van der Waals surface area (Å²) in [6.45, 7) is 12.6. The molecule has 20 heavy (non-hydrogen) atoms. The SMILES string of the molecule is CCN(CC)C(=O)NCCOc1c(C)cc(C)cc1C. The molecule has 0 aliphatic carbocycles. The molecule has 4 heteroatoms. The lowest BCUT2D eigenvalue weighted by Gasteiger charge is -2.19. The summed E-state index contributed by atoms with van der Waals surface area (Å²) in [5, 5.41) is 2.87. The highest BCUT2D eigenvalue weighted by molar-refractivity contribution is 5.74. The molecule has 4 nitrogen and oxygen atoms in total. The standard InChI is InChI=1S/C16H26N2O2/c1-6-18(7-2)16(19)17-8-9-20-15-13(4)10-12(3)11-14(15)5/h10-11H,6-9H2,1-5H3,(H,17,19). The Kier molecular flexibility index (Phi) is 6.36. The maximum atomic E-state index is 11.8. The Bertz CT molecular complexity index is 431. The Hall–Kier alpha value is -1.71. The van der Waals surface area contributed by atoms with E-state index in [1.54, 1.807) is 4.90 Å². The van der Waals surface area contributed by atoms with Crippen LogP contribution in [0.25, 0.3) is 0 Å². The van der Waals surface area contributed by atoms with Crippen LogP contribution in [0.1, 0.15) is 30.5 Å². The first-order valence-corrected chi connectivity index (χ1v) is 7.23. The van der Waals surface area contributed by atoms with Gasteiger partial charge in [0.25, 0.3) is 0 Å². The number of aryl methyl sites for hydroxylation is 3. The van der Waals surface area contributed by atoms with Crippen molar-refractivity contribution < 1.29 is 9.53 Å². The molecule has 0 spiro atoms. The number of urea groups is 1. The van der Waals surface area contributed by atoms with Crippen LogP contribution in [0.5, 0.6) is 5.75 Å². The molecular formula is C16H26N2O2. The molecule has 0 bridgehead atoms. The molecular weight excluding hydrogens is 252 g/mol. The van der Waals surface area contributed by atoms with Crippen molar-refractivity contribution in [3.8, 4) is 5.75 Å². The quantitative estimate of drug-likeness (QED) is 0.813. The van der Waals surface area contributed by atoms with Gasteiger partial charge >= 0.3 is 6.03 Å². The third-order valence-corrected chi connectivity index (χ3v) is 3.28. The molecule has 0 heterocycles. The first-order valence-electron chi connectivity index (χ1n) is 7.23. The summed E-state index contributed by atoms with van der Waals surface area (Å²) in [5.74, 6) is 0.924. The van der Waals surface area contributed by atoms with E-state index in [0.29, 0.717) is 13.2 Å². The van der Waals surface area contributed by atoms with Gasteiger partial charge in [-0.15, -0.1) is 0 Å². The van der Waals surface area contributed by atoms with Crippen molar-refractivity contribution in [1.29, 1.82) is 0 Å². The minimum absolute atomic E-state index is 0.0315. The summed E-state index contributed by atoms with van der Waals surface area (Å²) in [7, 11) is 0. The maximum absolute atomic E-state index is 11.8. The molecule has 1 N–H and O–H groups in total. The average Bonchev–Trinajstić information content (AvgIpc) is 2.38. The van der Waals surface area contributed by atoms with Crippen LogP contribution < -0.4 is 10.1 Å². The number of nitrogens with zero attached hydrogens (tertiary/aromatic N) is 1. The van der Waals surface area contributed by atoms with Gasteiger partial charge in [0.05, 0.1) is 6.54 Å². The molecule has 0 saturated heterocycles. The van der Waals surface area contributed by atoms with Crippen molar-refractivity contribution >= 4 is 6.03 Å². The average molecular weight is 278 g/mol. The molecule has 0 unspecified atom stereocenters. The van der Waals surface area contributed by atoms with Gasteiger partial charge in [-0.3, -0.25) is 0 Å². The lowest BCUT2D eigenvalue weighted by Crippen LogP contribution is -2.41. The second kappa shape index (κ2) is 7.78. The van der Waals surface area contributed by atoms with Crippen LogP contribution in [0.4, 0.5) is 4.79 Å². The van der Waals surface area contributed by atoms with E-state index in [1.807, 2.05) is 27.7 Å². The predicted molar refractivity (Wildman–Crippen MR) is 82.5 cm³/mol. The van der Waals surface area contributed by atoms with Crippen LogP contribution in [0.3, 0.4) is 0 Å². The highest BCUT2D eigenvalue weighted by Crippen LogP contribution is 2.24. The van der Waals surface area contributed by atoms with Crippen LogP contribution in [0, 0.1) is 20.8 Å². The van der Waals surface area contributed by atoms with Gasteiger partial charge in [0.15, 0.2) is 0 Å². The minimum atomic E-state index is -0.0315. The first-order chi connectivity index (χ1) is 9.49. The third kappa shape index (κ3) is 4.44. The van der Waals surface area contributed by atoms with Gasteiger partial charge in [-0.2, -0.15) is 0 Å². The topological polar surface area (TPSA) is 41.6 Å². The lowest BCUT2D eigenvalue weighted by atomic mass is 10.1. The Balaban J connectivity index is 2.44. The number of rotatable bonds is 6. The Morgan fingerprint density at radius 3 is 2.20 bits per heavy atom. The number of carbonyl (C=O) groups excluding carboxylic acids is 1. The molecule has 1 aromatic carbocycles. The molecule has 0 radical (unpaired) electrons. The fourth-order valence-electron chi connectivity index (χ4n) is 2.33. The van der Waals surface area contributed by atoms with E-state index >= 15 is 0 Å². The molecule has 0 aliphatic heterocycles. The number of nitrogens with one attached hydrogen (secondary N) is 1. The van der Waals surface area contributed by atoms with E-state index < -0.39 is 0 Å². The van der Waals surface area contributed by atoms with E-state index in [0.717, 1.165) is 30.0 Å². The Morgan fingerprint density at radius 2 is 1.70 bits per heavy atom. The minimum Gasteiger partial charge on any atom is -0.491 e.